The third-order valence-electron chi connectivity index (χ3n) is 4.56. The van der Waals surface area contributed by atoms with Crippen LogP contribution in [0.3, 0.4) is 0 Å². The molecule has 2 aliphatic heterocycles. The van der Waals surface area contributed by atoms with Crippen LogP contribution in [-0.2, 0) is 20.9 Å². The molecule has 0 saturated carbocycles. The number of hydrogen-bond acceptors (Lipinski definition) is 5. The van der Waals surface area contributed by atoms with E-state index in [0.29, 0.717) is 23.5 Å². The number of carbonyl (C=O) groups is 2. The Morgan fingerprint density at radius 3 is 3.08 bits per heavy atom. The molecule has 2 unspecified atom stereocenters. The lowest BCUT2D eigenvalue weighted by molar-refractivity contribution is -0.119. The van der Waals surface area contributed by atoms with Crippen LogP contribution in [0.1, 0.15) is 31.2 Å². The summed E-state index contributed by atoms with van der Waals surface area (Å²) < 4.78 is 34.3. The summed E-state index contributed by atoms with van der Waals surface area (Å²) in [6.07, 6.45) is 0.517. The molecule has 26 heavy (non-hydrogen) atoms. The zero-order valence-corrected chi connectivity index (χ0v) is 15.3. The van der Waals surface area contributed by atoms with Crippen LogP contribution < -0.4 is 14.9 Å². The number of carbonyl (C=O) groups excluding carboxylic acids is 2. The fraction of sp³-hybridized carbons (Fsp3) is 0.529. The number of rotatable bonds is 4. The molecule has 0 radical (unpaired) electrons. The van der Waals surface area contributed by atoms with Crippen LogP contribution in [0.2, 0.25) is 0 Å². The van der Waals surface area contributed by atoms with Crippen molar-refractivity contribution in [2.24, 2.45) is 0 Å². The van der Waals surface area contributed by atoms with Gasteiger partial charge in [-0.05, 0) is 30.5 Å². The number of cyclic esters (lactones) is 1. The molecule has 0 aromatic heterocycles. The Balaban J connectivity index is 1.69. The molecule has 0 spiro atoms. The molecule has 0 bridgehead atoms. The van der Waals surface area contributed by atoms with Gasteiger partial charge in [0.15, 0.2) is 0 Å². The summed E-state index contributed by atoms with van der Waals surface area (Å²) in [7, 11) is 0. The fourth-order valence-electron chi connectivity index (χ4n) is 3.21. The van der Waals surface area contributed by atoms with Crippen molar-refractivity contribution >= 4 is 29.0 Å². The number of halogens is 1. The van der Waals surface area contributed by atoms with Crippen molar-refractivity contribution < 1.29 is 23.3 Å². The molecule has 2 amide bonds. The predicted molar refractivity (Wildman–Crippen MR) is 95.7 cm³/mol. The molecule has 1 aromatic rings. The number of amides is 2. The van der Waals surface area contributed by atoms with E-state index < -0.39 is 23.6 Å². The van der Waals surface area contributed by atoms with Crippen molar-refractivity contribution in [3.63, 3.8) is 0 Å². The van der Waals surface area contributed by atoms with Crippen molar-refractivity contribution in [1.82, 2.24) is 10.0 Å². The number of ether oxygens (including phenoxy) is 1. The topological polar surface area (TPSA) is 93.7 Å². The lowest BCUT2D eigenvalue weighted by Crippen LogP contribution is -2.33. The quantitative estimate of drug-likeness (QED) is 0.767. The highest BCUT2D eigenvalue weighted by Crippen LogP contribution is 2.30. The first kappa shape index (κ1) is 18.9. The Kier molecular flexibility index (Phi) is 6.00. The van der Waals surface area contributed by atoms with Gasteiger partial charge in [-0.2, -0.15) is 0 Å². The first-order valence-corrected chi connectivity index (χ1v) is 9.90. The summed E-state index contributed by atoms with van der Waals surface area (Å²) in [6, 6.07) is 4.71. The Morgan fingerprint density at radius 2 is 2.35 bits per heavy atom. The van der Waals surface area contributed by atoms with Gasteiger partial charge in [-0.1, -0.05) is 6.07 Å². The maximum Gasteiger partial charge on any atom is 0.414 e. The minimum Gasteiger partial charge on any atom is -0.598 e. The molecule has 0 aliphatic carbocycles. The Morgan fingerprint density at radius 1 is 1.54 bits per heavy atom. The van der Waals surface area contributed by atoms with Crippen LogP contribution >= 0.6 is 0 Å². The van der Waals surface area contributed by atoms with E-state index in [2.05, 4.69) is 10.0 Å². The van der Waals surface area contributed by atoms with E-state index in [4.69, 9.17) is 4.74 Å². The minimum absolute atomic E-state index is 0.0476. The summed E-state index contributed by atoms with van der Waals surface area (Å²) in [5.74, 6) is -0.0626. The van der Waals surface area contributed by atoms with Crippen LogP contribution in [0.4, 0.5) is 14.9 Å². The second-order valence-corrected chi connectivity index (χ2v) is 7.88. The fourth-order valence-corrected chi connectivity index (χ4v) is 4.17. The first-order valence-electron chi connectivity index (χ1n) is 8.58. The van der Waals surface area contributed by atoms with E-state index in [1.54, 1.807) is 12.1 Å². The van der Waals surface area contributed by atoms with E-state index in [-0.39, 0.29) is 30.7 Å². The molecule has 142 valence electrons. The van der Waals surface area contributed by atoms with Crippen molar-refractivity contribution in [3.05, 3.63) is 29.6 Å². The van der Waals surface area contributed by atoms with Crippen LogP contribution in [-0.4, -0.2) is 48.0 Å². The molecule has 2 aliphatic rings. The van der Waals surface area contributed by atoms with Gasteiger partial charge in [0.05, 0.1) is 18.8 Å². The van der Waals surface area contributed by atoms with E-state index in [9.17, 15) is 18.5 Å². The molecule has 9 heteroatoms. The van der Waals surface area contributed by atoms with Crippen LogP contribution in [0.25, 0.3) is 0 Å². The zero-order chi connectivity index (χ0) is 18.7. The largest absolute Gasteiger partial charge is 0.598 e. The lowest BCUT2D eigenvalue weighted by Gasteiger charge is -2.18. The molecule has 7 nitrogen and oxygen atoms in total. The Hall–Kier alpha value is -1.84. The number of nitrogens with zero attached hydrogens (tertiary/aromatic N) is 1. The standard InChI is InChI=1S/C17H22FN3O4S/c1-11(22)19-9-14-10-21(17(23)25-14)13-4-5-15(16(18)7-13)12-3-2-6-26(24)20-8-12/h4-5,7,12,14,20H,2-3,6,8-10H2,1H3,(H,19,22)/t12?,14-,26?/m0/s1. The monoisotopic (exact) mass is 383 g/mol. The molecule has 3 atom stereocenters. The molecule has 3 rings (SSSR count). The zero-order valence-electron chi connectivity index (χ0n) is 14.5. The number of anilines is 1. The smallest absolute Gasteiger partial charge is 0.414 e. The van der Waals surface area contributed by atoms with E-state index in [0.717, 1.165) is 12.8 Å². The summed E-state index contributed by atoms with van der Waals surface area (Å²) in [6.45, 7) is 2.33. The predicted octanol–water partition coefficient (Wildman–Crippen LogP) is 1.42. The number of nitrogens with one attached hydrogen (secondary N) is 2. The van der Waals surface area contributed by atoms with Gasteiger partial charge in [0.2, 0.25) is 5.91 Å². The van der Waals surface area contributed by atoms with Crippen LogP contribution in [0.15, 0.2) is 18.2 Å². The van der Waals surface area contributed by atoms with Gasteiger partial charge in [-0.25, -0.2) is 9.18 Å². The van der Waals surface area contributed by atoms with E-state index >= 15 is 0 Å². The molecule has 2 N–H and O–H groups in total. The highest BCUT2D eigenvalue weighted by molar-refractivity contribution is 7.89. The molecule has 2 fully saturated rings. The van der Waals surface area contributed by atoms with E-state index in [1.165, 1.54) is 17.9 Å². The maximum atomic E-state index is 14.7. The van der Waals surface area contributed by atoms with Crippen molar-refractivity contribution in [2.75, 3.05) is 30.3 Å². The highest BCUT2D eigenvalue weighted by atomic mass is 32.2. The third-order valence-corrected chi connectivity index (χ3v) is 5.71. The maximum absolute atomic E-state index is 14.7. The highest BCUT2D eigenvalue weighted by Gasteiger charge is 2.33. The second-order valence-electron chi connectivity index (χ2n) is 6.50. The van der Waals surface area contributed by atoms with Gasteiger partial charge in [-0.3, -0.25) is 9.69 Å². The number of benzene rings is 1. The summed E-state index contributed by atoms with van der Waals surface area (Å²) >= 11 is -1.05. The summed E-state index contributed by atoms with van der Waals surface area (Å²) in [4.78, 5) is 24.4. The normalized spacial score (nSPS) is 26.3. The van der Waals surface area contributed by atoms with Crippen molar-refractivity contribution in [1.29, 1.82) is 0 Å². The first-order chi connectivity index (χ1) is 12.4. The number of hydrogen-bond donors (Lipinski definition) is 2. The SMILES string of the molecule is CC(=O)NC[C@H]1CN(c2ccc(C3CCC[S+]([O-])NC3)c(F)c2)C(=O)O1. The lowest BCUT2D eigenvalue weighted by atomic mass is 9.94. The van der Waals surface area contributed by atoms with Gasteiger partial charge in [0.25, 0.3) is 0 Å². The van der Waals surface area contributed by atoms with Gasteiger partial charge < -0.3 is 14.6 Å². The van der Waals surface area contributed by atoms with Gasteiger partial charge >= 0.3 is 6.09 Å². The average molecular weight is 383 g/mol. The second kappa shape index (κ2) is 8.24. The molecule has 2 heterocycles. The minimum atomic E-state index is -1.05. The average Bonchev–Trinajstić information content (AvgIpc) is 2.83. The van der Waals surface area contributed by atoms with Gasteiger partial charge in [0, 0.05) is 30.7 Å². The third kappa shape index (κ3) is 4.46. The molecule has 2 saturated heterocycles. The Bertz CT molecular complexity index is 690. The van der Waals surface area contributed by atoms with E-state index in [1.807, 2.05) is 0 Å². The Labute approximate surface area is 154 Å². The summed E-state index contributed by atoms with van der Waals surface area (Å²) in [5, 5.41) is 2.60. The molecular formula is C17H22FN3O4S. The summed E-state index contributed by atoms with van der Waals surface area (Å²) in [5.41, 5.74) is 0.981. The van der Waals surface area contributed by atoms with Gasteiger partial charge in [0.1, 0.15) is 17.7 Å². The van der Waals surface area contributed by atoms with Gasteiger partial charge in [-0.15, -0.1) is 4.72 Å². The van der Waals surface area contributed by atoms with Crippen molar-refractivity contribution in [3.8, 4) is 0 Å². The van der Waals surface area contributed by atoms with Crippen LogP contribution in [0.5, 0.6) is 0 Å². The molecule has 1 aromatic carbocycles. The molecular weight excluding hydrogens is 361 g/mol. The van der Waals surface area contributed by atoms with Crippen LogP contribution in [0, 0.1) is 5.82 Å². The van der Waals surface area contributed by atoms with Crippen molar-refractivity contribution in [2.45, 2.75) is 31.8 Å².